The number of anilines is 1. The molecule has 0 aliphatic heterocycles. The van der Waals surface area contributed by atoms with Crippen LogP contribution in [0.1, 0.15) is 0 Å². The zero-order chi connectivity index (χ0) is 5.98. The monoisotopic (exact) mass is 163 g/mol. The van der Waals surface area contributed by atoms with Crippen molar-refractivity contribution < 1.29 is 51.4 Å². The van der Waals surface area contributed by atoms with E-state index in [0.29, 0.717) is 0 Å². The average Bonchev–Trinajstić information content (AvgIpc) is 1.77. The quantitative estimate of drug-likeness (QED) is 0.277. The number of hydrogen-bond acceptors (Lipinski definition) is 2. The molecule has 2 N–H and O–H groups in total. The molecule has 0 atom stereocenters. The maximum absolute atomic E-state index is 5.38. The Morgan fingerprint density at radius 3 is 1.89 bits per heavy atom. The van der Waals surface area contributed by atoms with Crippen LogP contribution in [0.2, 0.25) is 0 Å². The van der Waals surface area contributed by atoms with E-state index in [9.17, 15) is 0 Å². The van der Waals surface area contributed by atoms with Crippen molar-refractivity contribution in [2.75, 3.05) is 5.73 Å². The van der Waals surface area contributed by atoms with Crippen molar-refractivity contribution in [3.8, 4) is 0 Å². The van der Waals surface area contributed by atoms with Crippen LogP contribution in [0.5, 0.6) is 0 Å². The molecule has 0 fully saturated rings. The number of hydrogen-bond donors (Lipinski definition) is 1. The van der Waals surface area contributed by atoms with Crippen LogP contribution in [0.25, 0.3) is 0 Å². The predicted molar refractivity (Wildman–Crippen MR) is 36.5 cm³/mol. The van der Waals surface area contributed by atoms with Gasteiger partial charge in [0.15, 0.2) is 0 Å². The summed E-state index contributed by atoms with van der Waals surface area (Å²) >= 11 is 4.82. The molecule has 0 radical (unpaired) electrons. The van der Waals surface area contributed by atoms with E-state index in [1.54, 1.807) is 12.1 Å². The van der Waals surface area contributed by atoms with Gasteiger partial charge >= 0.3 is 51.4 Å². The average molecular weight is 163 g/mol. The predicted octanol–water partition coefficient (Wildman–Crippen LogP) is -1.82. The van der Waals surface area contributed by atoms with Gasteiger partial charge in [-0.25, -0.2) is 0 Å². The van der Waals surface area contributed by atoms with Crippen LogP contribution in [0.15, 0.2) is 29.2 Å². The molecule has 0 amide bonds. The SMILES string of the molecule is Nc1ccc([S-])cc1.[K+]. The molecule has 0 saturated heterocycles. The molecule has 0 aliphatic carbocycles. The maximum Gasteiger partial charge on any atom is 1.00 e. The Kier molecular flexibility index (Phi) is 5.11. The normalized spacial score (nSPS) is 8.00. The Morgan fingerprint density at radius 1 is 1.11 bits per heavy atom. The third-order valence-corrected chi connectivity index (χ3v) is 1.15. The molecule has 9 heavy (non-hydrogen) atoms. The Bertz CT molecular complexity index is 152. The fourth-order valence-corrected chi connectivity index (χ4v) is 0.604. The first kappa shape index (κ1) is 9.88. The van der Waals surface area contributed by atoms with Gasteiger partial charge in [0.25, 0.3) is 0 Å². The van der Waals surface area contributed by atoms with E-state index in [-0.39, 0.29) is 51.4 Å². The standard InChI is InChI=1S/C6H7NS.K/c7-5-1-3-6(8)4-2-5;/h1-4,8H,7H2;/q;+1/p-1. The molecule has 1 rings (SSSR count). The second kappa shape index (κ2) is 4.65. The summed E-state index contributed by atoms with van der Waals surface area (Å²) in [4.78, 5) is 0.833. The van der Waals surface area contributed by atoms with Gasteiger partial charge in [0, 0.05) is 5.69 Å². The van der Waals surface area contributed by atoms with Crippen LogP contribution < -0.4 is 57.1 Å². The van der Waals surface area contributed by atoms with E-state index in [4.69, 9.17) is 18.4 Å². The van der Waals surface area contributed by atoms with Crippen LogP contribution >= 0.6 is 0 Å². The van der Waals surface area contributed by atoms with Crippen LogP contribution in [0, 0.1) is 0 Å². The first-order chi connectivity index (χ1) is 3.79. The second-order valence-electron chi connectivity index (χ2n) is 1.57. The van der Waals surface area contributed by atoms with Gasteiger partial charge in [-0.1, -0.05) is 12.1 Å². The van der Waals surface area contributed by atoms with Crippen LogP contribution in [-0.4, -0.2) is 0 Å². The molecule has 0 unspecified atom stereocenters. The molecule has 0 aromatic heterocycles. The van der Waals surface area contributed by atoms with Gasteiger partial charge < -0.3 is 18.4 Å². The minimum Gasteiger partial charge on any atom is -0.780 e. The van der Waals surface area contributed by atoms with Crippen molar-refractivity contribution >= 4 is 18.3 Å². The molecule has 0 heterocycles. The topological polar surface area (TPSA) is 26.0 Å². The molecule has 0 bridgehead atoms. The fourth-order valence-electron chi connectivity index (χ4n) is 0.468. The molecule has 42 valence electrons. The van der Waals surface area contributed by atoms with Crippen LogP contribution in [-0.2, 0) is 12.6 Å². The van der Waals surface area contributed by atoms with Gasteiger partial charge in [-0.3, -0.25) is 0 Å². The molecule has 0 aliphatic rings. The molecule has 1 nitrogen and oxygen atoms in total. The maximum atomic E-state index is 5.38. The van der Waals surface area contributed by atoms with Crippen LogP contribution in [0.4, 0.5) is 5.69 Å². The summed E-state index contributed by atoms with van der Waals surface area (Å²) in [5, 5.41) is 0. The van der Waals surface area contributed by atoms with Crippen molar-refractivity contribution in [2.45, 2.75) is 4.90 Å². The van der Waals surface area contributed by atoms with E-state index in [1.165, 1.54) is 0 Å². The molecule has 0 saturated carbocycles. The van der Waals surface area contributed by atoms with E-state index in [1.807, 2.05) is 12.1 Å². The van der Waals surface area contributed by atoms with Crippen molar-refractivity contribution in [1.82, 2.24) is 0 Å². The summed E-state index contributed by atoms with van der Waals surface area (Å²) in [7, 11) is 0. The van der Waals surface area contributed by atoms with Gasteiger partial charge in [0.1, 0.15) is 0 Å². The molecule has 1 aromatic rings. The van der Waals surface area contributed by atoms with E-state index in [0.717, 1.165) is 10.6 Å². The Morgan fingerprint density at radius 2 is 1.56 bits per heavy atom. The zero-order valence-electron chi connectivity index (χ0n) is 5.29. The van der Waals surface area contributed by atoms with Crippen LogP contribution in [0.3, 0.4) is 0 Å². The first-order valence-corrected chi connectivity index (χ1v) is 2.72. The van der Waals surface area contributed by atoms with Gasteiger partial charge in [0.2, 0.25) is 0 Å². The summed E-state index contributed by atoms with van der Waals surface area (Å²) in [5.74, 6) is 0. The van der Waals surface area contributed by atoms with Crippen molar-refractivity contribution in [2.24, 2.45) is 0 Å². The molecular formula is C6H6KNS. The van der Waals surface area contributed by atoms with Gasteiger partial charge in [-0.15, -0.1) is 0 Å². The molecular weight excluding hydrogens is 157 g/mol. The van der Waals surface area contributed by atoms with Gasteiger partial charge in [-0.05, 0) is 12.1 Å². The zero-order valence-corrected chi connectivity index (χ0v) is 9.23. The summed E-state index contributed by atoms with van der Waals surface area (Å²) in [6, 6.07) is 7.21. The second-order valence-corrected chi connectivity index (χ2v) is 2.04. The molecule has 1 aromatic carbocycles. The molecule has 0 spiro atoms. The van der Waals surface area contributed by atoms with E-state index >= 15 is 0 Å². The van der Waals surface area contributed by atoms with Crippen molar-refractivity contribution in [3.05, 3.63) is 24.3 Å². The first-order valence-electron chi connectivity index (χ1n) is 2.31. The summed E-state index contributed by atoms with van der Waals surface area (Å²) < 4.78 is 0. The summed E-state index contributed by atoms with van der Waals surface area (Å²) in [6.45, 7) is 0. The number of benzene rings is 1. The minimum absolute atomic E-state index is 0. The third kappa shape index (κ3) is 3.55. The molecule has 3 heteroatoms. The van der Waals surface area contributed by atoms with E-state index in [2.05, 4.69) is 0 Å². The number of rotatable bonds is 0. The Hall–Kier alpha value is 0.876. The Balaban J connectivity index is 0.000000640. The largest absolute Gasteiger partial charge is 1.00 e. The smallest absolute Gasteiger partial charge is 0.780 e. The fraction of sp³-hybridized carbons (Fsp3) is 0. The summed E-state index contributed by atoms with van der Waals surface area (Å²) in [6.07, 6.45) is 0. The van der Waals surface area contributed by atoms with Gasteiger partial charge in [-0.2, -0.15) is 4.90 Å². The van der Waals surface area contributed by atoms with Crippen molar-refractivity contribution in [3.63, 3.8) is 0 Å². The van der Waals surface area contributed by atoms with E-state index < -0.39 is 0 Å². The van der Waals surface area contributed by atoms with Crippen molar-refractivity contribution in [1.29, 1.82) is 0 Å². The number of nitrogens with two attached hydrogens (primary N) is 1. The minimum atomic E-state index is 0. The third-order valence-electron chi connectivity index (χ3n) is 0.880. The number of nitrogen functional groups attached to an aromatic ring is 1. The van der Waals surface area contributed by atoms with Gasteiger partial charge in [0.05, 0.1) is 0 Å². The summed E-state index contributed by atoms with van der Waals surface area (Å²) in [5.41, 5.74) is 6.14. The Labute approximate surface area is 103 Å².